The Balaban J connectivity index is 1.03. The van der Waals surface area contributed by atoms with E-state index in [0.29, 0.717) is 17.5 Å². The van der Waals surface area contributed by atoms with Crippen LogP contribution in [-0.2, 0) is 0 Å². The number of fused-ring (bicyclic) bond motifs is 8. The maximum Gasteiger partial charge on any atom is 0.164 e. The van der Waals surface area contributed by atoms with Crippen molar-refractivity contribution < 1.29 is 4.42 Å². The lowest BCUT2D eigenvalue weighted by atomic mass is 10.00. The van der Waals surface area contributed by atoms with Gasteiger partial charge in [0.1, 0.15) is 5.58 Å². The van der Waals surface area contributed by atoms with Gasteiger partial charge in [0.05, 0.1) is 16.7 Å². The zero-order valence-electron chi connectivity index (χ0n) is 35.6. The molecule has 0 aliphatic rings. The van der Waals surface area contributed by atoms with Crippen molar-refractivity contribution in [2.24, 2.45) is 0 Å². The van der Waals surface area contributed by atoms with Crippen LogP contribution in [0.4, 0.5) is 0 Å². The second-order valence-corrected chi connectivity index (χ2v) is 16.4. The topological polar surface area (TPSA) is 56.7 Å². The molecule has 12 aromatic rings. The highest BCUT2D eigenvalue weighted by molar-refractivity contribution is 6.14. The summed E-state index contributed by atoms with van der Waals surface area (Å²) in [4.78, 5) is 15.4. The number of furan rings is 1. The highest BCUT2D eigenvalue weighted by Gasteiger charge is 2.21. The predicted molar refractivity (Wildman–Crippen MR) is 271 cm³/mol. The molecule has 0 aliphatic carbocycles. The van der Waals surface area contributed by atoms with Crippen LogP contribution in [-0.4, -0.2) is 19.5 Å². The molecule has 5 nitrogen and oxygen atoms in total. The number of aromatic nitrogens is 4. The standard InChI is InChI=1S/C60H40N4O/c1-3-13-38(14-4-2)44-28-31-53-51(35-44)52-36-45(39-15-6-5-7-16-39)29-32-54(52)64(53)55-22-12-21-50-49-30-27-48(37-56(49)65-57(50)55)60-62-58(46-25-23-40-17-8-10-19-42(40)33-46)61-59(63-60)47-26-24-41-18-9-11-20-43(41)34-47/h3-37H,1H2,2H3/b14-4-,38-13+. The molecule has 0 unspecified atom stereocenters. The van der Waals surface area contributed by atoms with Crippen molar-refractivity contribution >= 4 is 70.9 Å². The van der Waals surface area contributed by atoms with Gasteiger partial charge in [-0.1, -0.05) is 164 Å². The van der Waals surface area contributed by atoms with E-state index in [1.165, 1.54) is 11.1 Å². The van der Waals surface area contributed by atoms with Crippen LogP contribution in [0.3, 0.4) is 0 Å². The van der Waals surface area contributed by atoms with Gasteiger partial charge < -0.3 is 8.98 Å². The van der Waals surface area contributed by atoms with E-state index in [2.05, 4.69) is 217 Å². The molecule has 9 aromatic carbocycles. The van der Waals surface area contributed by atoms with Crippen LogP contribution in [0.2, 0.25) is 0 Å². The Hall–Kier alpha value is -8.67. The van der Waals surface area contributed by atoms with Crippen molar-refractivity contribution in [2.75, 3.05) is 0 Å². The summed E-state index contributed by atoms with van der Waals surface area (Å²) in [6, 6.07) is 66.3. The monoisotopic (exact) mass is 832 g/mol. The first-order valence-corrected chi connectivity index (χ1v) is 21.9. The average Bonchev–Trinajstić information content (AvgIpc) is 3.91. The van der Waals surface area contributed by atoms with Gasteiger partial charge in [0.2, 0.25) is 0 Å². The quantitative estimate of drug-likeness (QED) is 0.143. The van der Waals surface area contributed by atoms with E-state index < -0.39 is 0 Å². The van der Waals surface area contributed by atoms with Gasteiger partial charge in [-0.2, -0.15) is 0 Å². The highest BCUT2D eigenvalue weighted by Crippen LogP contribution is 2.41. The van der Waals surface area contributed by atoms with Gasteiger partial charge in [0.25, 0.3) is 0 Å². The summed E-state index contributed by atoms with van der Waals surface area (Å²) in [6.45, 7) is 6.04. The SMILES string of the molecule is C=C/C=C(\C=C/C)c1ccc2c(c1)c1cc(-c3ccccc3)ccc1n2-c1cccc2c1oc1cc(-c3nc(-c4ccc5ccccc5c4)nc(-c4ccc5ccccc5c4)n3)ccc12. The van der Waals surface area contributed by atoms with Gasteiger partial charge in [-0.05, 0) is 105 Å². The largest absolute Gasteiger partial charge is 0.454 e. The number of rotatable bonds is 8. The third kappa shape index (κ3) is 6.61. The fourth-order valence-electron chi connectivity index (χ4n) is 9.35. The molecule has 306 valence electrons. The lowest BCUT2D eigenvalue weighted by molar-refractivity contribution is 0.666. The van der Waals surface area contributed by atoms with Crippen molar-refractivity contribution in [1.29, 1.82) is 0 Å². The second kappa shape index (κ2) is 15.6. The second-order valence-electron chi connectivity index (χ2n) is 16.4. The third-order valence-corrected chi connectivity index (χ3v) is 12.5. The molecular formula is C60H40N4O. The number of nitrogens with zero attached hydrogens (tertiary/aromatic N) is 4. The number of hydrogen-bond donors (Lipinski definition) is 0. The summed E-state index contributed by atoms with van der Waals surface area (Å²) in [6.07, 6.45) is 8.10. The lowest BCUT2D eigenvalue weighted by Gasteiger charge is -2.10. The van der Waals surface area contributed by atoms with Gasteiger partial charge in [-0.3, -0.25) is 0 Å². The van der Waals surface area contributed by atoms with E-state index in [1.807, 2.05) is 13.0 Å². The van der Waals surface area contributed by atoms with Crippen LogP contribution in [0.5, 0.6) is 0 Å². The van der Waals surface area contributed by atoms with Gasteiger partial charge in [0, 0.05) is 38.2 Å². The molecule has 0 aliphatic heterocycles. The van der Waals surface area contributed by atoms with Gasteiger partial charge in [-0.25, -0.2) is 15.0 Å². The molecule has 0 bridgehead atoms. The molecule has 0 N–H and O–H groups in total. The zero-order valence-corrected chi connectivity index (χ0v) is 35.6. The summed E-state index contributed by atoms with van der Waals surface area (Å²) in [5.74, 6) is 1.79. The molecule has 0 amide bonds. The summed E-state index contributed by atoms with van der Waals surface area (Å²) < 4.78 is 9.34. The summed E-state index contributed by atoms with van der Waals surface area (Å²) in [5.41, 5.74) is 12.0. The normalized spacial score (nSPS) is 12.2. The minimum Gasteiger partial charge on any atom is -0.454 e. The van der Waals surface area contributed by atoms with Crippen LogP contribution >= 0.6 is 0 Å². The Bertz CT molecular complexity index is 3830. The Kier molecular flexibility index (Phi) is 9.13. The van der Waals surface area contributed by atoms with E-state index in [9.17, 15) is 0 Å². The van der Waals surface area contributed by atoms with Crippen LogP contribution in [0.1, 0.15) is 12.5 Å². The first-order chi connectivity index (χ1) is 32.1. The molecule has 65 heavy (non-hydrogen) atoms. The first kappa shape index (κ1) is 38.0. The number of benzene rings is 9. The highest BCUT2D eigenvalue weighted by atomic mass is 16.3. The van der Waals surface area contributed by atoms with Crippen molar-refractivity contribution in [3.05, 3.63) is 225 Å². The van der Waals surface area contributed by atoms with E-state index in [1.54, 1.807) is 0 Å². The molecule has 0 saturated heterocycles. The number of allylic oxidation sites excluding steroid dienone is 5. The zero-order chi connectivity index (χ0) is 43.4. The Labute approximate surface area is 375 Å². The Morgan fingerprint density at radius 3 is 1.72 bits per heavy atom. The fourth-order valence-corrected chi connectivity index (χ4v) is 9.35. The molecule has 0 atom stereocenters. The van der Waals surface area contributed by atoms with Crippen molar-refractivity contribution in [1.82, 2.24) is 19.5 Å². The molecule has 0 fully saturated rings. The van der Waals surface area contributed by atoms with E-state index >= 15 is 0 Å². The van der Waals surface area contributed by atoms with Gasteiger partial charge >= 0.3 is 0 Å². The molecule has 0 saturated carbocycles. The molecular weight excluding hydrogens is 793 g/mol. The molecule has 3 heterocycles. The summed E-state index contributed by atoms with van der Waals surface area (Å²) in [5, 5.41) is 8.95. The summed E-state index contributed by atoms with van der Waals surface area (Å²) in [7, 11) is 0. The van der Waals surface area contributed by atoms with Gasteiger partial charge in [-0.15, -0.1) is 0 Å². The number of para-hydroxylation sites is 1. The van der Waals surface area contributed by atoms with Crippen LogP contribution in [0.15, 0.2) is 223 Å². The molecule has 5 heteroatoms. The van der Waals surface area contributed by atoms with Crippen molar-refractivity contribution in [2.45, 2.75) is 6.92 Å². The van der Waals surface area contributed by atoms with E-state index in [4.69, 9.17) is 19.4 Å². The third-order valence-electron chi connectivity index (χ3n) is 12.5. The van der Waals surface area contributed by atoms with Crippen LogP contribution < -0.4 is 0 Å². The Morgan fingerprint density at radius 1 is 0.477 bits per heavy atom. The Morgan fingerprint density at radius 2 is 1.06 bits per heavy atom. The smallest absolute Gasteiger partial charge is 0.164 e. The minimum absolute atomic E-state index is 0.573. The molecule has 3 aromatic heterocycles. The fraction of sp³-hybridized carbons (Fsp3) is 0.0167. The van der Waals surface area contributed by atoms with E-state index in [-0.39, 0.29) is 0 Å². The molecule has 12 rings (SSSR count). The van der Waals surface area contributed by atoms with Crippen molar-refractivity contribution in [3.63, 3.8) is 0 Å². The predicted octanol–water partition coefficient (Wildman–Crippen LogP) is 16.0. The van der Waals surface area contributed by atoms with Crippen LogP contribution in [0.25, 0.3) is 122 Å². The molecule has 0 spiro atoms. The molecule has 0 radical (unpaired) electrons. The van der Waals surface area contributed by atoms with E-state index in [0.717, 1.165) is 98.8 Å². The maximum atomic E-state index is 6.99. The maximum absolute atomic E-state index is 6.99. The lowest BCUT2D eigenvalue weighted by Crippen LogP contribution is -2.00. The first-order valence-electron chi connectivity index (χ1n) is 21.9. The van der Waals surface area contributed by atoms with Gasteiger partial charge in [0.15, 0.2) is 23.1 Å². The summed E-state index contributed by atoms with van der Waals surface area (Å²) >= 11 is 0. The average molecular weight is 833 g/mol. The van der Waals surface area contributed by atoms with Crippen molar-refractivity contribution in [3.8, 4) is 51.0 Å². The minimum atomic E-state index is 0.573. The number of hydrogen-bond acceptors (Lipinski definition) is 4. The van der Waals surface area contributed by atoms with Crippen LogP contribution in [0, 0.1) is 0 Å².